The maximum Gasteiger partial charge on any atom is 0.236 e. The molecule has 0 aliphatic rings. The second-order valence-electron chi connectivity index (χ2n) is 4.18. The summed E-state index contributed by atoms with van der Waals surface area (Å²) in [4.78, 5) is 8.64. The first-order valence-corrected chi connectivity index (χ1v) is 7.19. The van der Waals surface area contributed by atoms with Crippen molar-refractivity contribution in [2.75, 3.05) is 7.11 Å². The van der Waals surface area contributed by atoms with Crippen LogP contribution in [0.4, 0.5) is 0 Å². The highest BCUT2D eigenvalue weighted by atomic mass is 32.2. The quantitative estimate of drug-likeness (QED) is 0.810. The number of hydrogen-bond acceptors (Lipinski definition) is 6. The van der Waals surface area contributed by atoms with Gasteiger partial charge in [-0.15, -0.1) is 11.8 Å². The summed E-state index contributed by atoms with van der Waals surface area (Å²) in [7, 11) is 1.62. The van der Waals surface area contributed by atoms with E-state index in [1.807, 2.05) is 19.2 Å². The van der Waals surface area contributed by atoms with E-state index in [4.69, 9.17) is 9.26 Å². The molecule has 2 aromatic heterocycles. The van der Waals surface area contributed by atoms with E-state index in [9.17, 15) is 0 Å². The van der Waals surface area contributed by atoms with E-state index in [-0.39, 0.29) is 6.10 Å². The molecule has 0 radical (unpaired) electrons. The smallest absolute Gasteiger partial charge is 0.236 e. The fourth-order valence-corrected chi connectivity index (χ4v) is 2.39. The molecule has 0 N–H and O–H groups in total. The van der Waals surface area contributed by atoms with Gasteiger partial charge in [-0.05, 0) is 25.5 Å². The van der Waals surface area contributed by atoms with Gasteiger partial charge in [0.25, 0.3) is 0 Å². The number of rotatable bonds is 6. The van der Waals surface area contributed by atoms with Gasteiger partial charge in [0.2, 0.25) is 5.89 Å². The van der Waals surface area contributed by atoms with Gasteiger partial charge in [0.05, 0.1) is 11.4 Å². The SMILES string of the molecule is CO[C@@H](C)c1noc(CSCc2ncccc2C)n1. The zero-order valence-corrected chi connectivity index (χ0v) is 12.1. The molecule has 2 heterocycles. The molecule has 6 heteroatoms. The Bertz CT molecular complexity index is 530. The Kier molecular flexibility index (Phi) is 4.93. The van der Waals surface area contributed by atoms with E-state index in [1.165, 1.54) is 5.56 Å². The molecule has 0 aliphatic heterocycles. The Labute approximate surface area is 116 Å². The number of ether oxygens (including phenoxy) is 1. The second-order valence-corrected chi connectivity index (χ2v) is 5.17. The van der Waals surface area contributed by atoms with Crippen LogP contribution in [0.15, 0.2) is 22.9 Å². The van der Waals surface area contributed by atoms with Crippen LogP contribution in [0.2, 0.25) is 0 Å². The first kappa shape index (κ1) is 14.0. The number of hydrogen-bond donors (Lipinski definition) is 0. The van der Waals surface area contributed by atoms with Gasteiger partial charge >= 0.3 is 0 Å². The molecule has 0 unspecified atom stereocenters. The Morgan fingerprint density at radius 2 is 2.26 bits per heavy atom. The molecule has 0 aromatic carbocycles. The zero-order valence-electron chi connectivity index (χ0n) is 11.3. The van der Waals surface area contributed by atoms with Gasteiger partial charge in [0, 0.05) is 19.1 Å². The van der Waals surface area contributed by atoms with Crippen LogP contribution in [0.3, 0.4) is 0 Å². The Morgan fingerprint density at radius 1 is 1.42 bits per heavy atom. The minimum Gasteiger partial charge on any atom is -0.374 e. The van der Waals surface area contributed by atoms with Gasteiger partial charge in [-0.2, -0.15) is 4.98 Å². The fourth-order valence-electron chi connectivity index (χ4n) is 1.50. The summed E-state index contributed by atoms with van der Waals surface area (Å²) in [5.74, 6) is 2.73. The van der Waals surface area contributed by atoms with Crippen molar-refractivity contribution in [3.63, 3.8) is 0 Å². The first-order valence-electron chi connectivity index (χ1n) is 6.04. The molecule has 0 aliphatic carbocycles. The Hall–Kier alpha value is -1.40. The lowest BCUT2D eigenvalue weighted by atomic mass is 10.2. The fraction of sp³-hybridized carbons (Fsp3) is 0.462. The van der Waals surface area contributed by atoms with Crippen molar-refractivity contribution in [3.8, 4) is 0 Å². The van der Waals surface area contributed by atoms with Crippen molar-refractivity contribution in [1.82, 2.24) is 15.1 Å². The van der Waals surface area contributed by atoms with Crippen LogP contribution >= 0.6 is 11.8 Å². The normalized spacial score (nSPS) is 12.6. The molecule has 19 heavy (non-hydrogen) atoms. The van der Waals surface area contributed by atoms with Crippen LogP contribution in [0.1, 0.15) is 36.0 Å². The highest BCUT2D eigenvalue weighted by Gasteiger charge is 2.12. The van der Waals surface area contributed by atoms with Crippen molar-refractivity contribution in [3.05, 3.63) is 41.3 Å². The molecule has 2 aromatic rings. The van der Waals surface area contributed by atoms with Gasteiger partial charge in [0.15, 0.2) is 5.82 Å². The summed E-state index contributed by atoms with van der Waals surface area (Å²) >= 11 is 1.71. The van der Waals surface area contributed by atoms with Crippen molar-refractivity contribution in [1.29, 1.82) is 0 Å². The molecule has 0 saturated carbocycles. The summed E-state index contributed by atoms with van der Waals surface area (Å²) in [5.41, 5.74) is 2.30. The number of pyridine rings is 1. The largest absolute Gasteiger partial charge is 0.374 e. The zero-order chi connectivity index (χ0) is 13.7. The van der Waals surface area contributed by atoms with E-state index in [2.05, 4.69) is 28.1 Å². The Morgan fingerprint density at radius 3 is 3.00 bits per heavy atom. The predicted molar refractivity (Wildman–Crippen MR) is 73.7 cm³/mol. The number of aryl methyl sites for hydroxylation is 1. The van der Waals surface area contributed by atoms with Gasteiger partial charge in [-0.1, -0.05) is 11.2 Å². The van der Waals surface area contributed by atoms with Crippen LogP contribution in [0, 0.1) is 6.92 Å². The summed E-state index contributed by atoms with van der Waals surface area (Å²) < 4.78 is 10.3. The molecule has 0 saturated heterocycles. The summed E-state index contributed by atoms with van der Waals surface area (Å²) in [6.07, 6.45) is 1.68. The average molecular weight is 279 g/mol. The van der Waals surface area contributed by atoms with Crippen LogP contribution in [-0.4, -0.2) is 22.2 Å². The third-order valence-corrected chi connectivity index (χ3v) is 3.71. The Balaban J connectivity index is 1.86. The minimum absolute atomic E-state index is 0.138. The van der Waals surface area contributed by atoms with Crippen LogP contribution in [0.5, 0.6) is 0 Å². The lowest BCUT2D eigenvalue weighted by molar-refractivity contribution is 0.109. The van der Waals surface area contributed by atoms with Gasteiger partial charge < -0.3 is 9.26 Å². The summed E-state index contributed by atoms with van der Waals surface area (Å²) in [5, 5.41) is 3.89. The topological polar surface area (TPSA) is 61.0 Å². The van der Waals surface area contributed by atoms with Crippen molar-refractivity contribution in [2.45, 2.75) is 31.5 Å². The molecule has 0 fully saturated rings. The van der Waals surface area contributed by atoms with E-state index in [0.29, 0.717) is 17.5 Å². The van der Waals surface area contributed by atoms with E-state index in [1.54, 1.807) is 18.9 Å². The summed E-state index contributed by atoms with van der Waals surface area (Å²) in [6.45, 7) is 3.95. The number of aromatic nitrogens is 3. The van der Waals surface area contributed by atoms with Crippen LogP contribution in [-0.2, 0) is 16.2 Å². The van der Waals surface area contributed by atoms with Crippen LogP contribution in [0.25, 0.3) is 0 Å². The predicted octanol–water partition coefficient (Wildman–Crippen LogP) is 2.91. The van der Waals surface area contributed by atoms with Crippen molar-refractivity contribution < 1.29 is 9.26 Å². The van der Waals surface area contributed by atoms with E-state index in [0.717, 1.165) is 11.4 Å². The third kappa shape index (κ3) is 3.78. The second kappa shape index (κ2) is 6.68. The molecule has 0 amide bonds. The molecule has 0 bridgehead atoms. The van der Waals surface area contributed by atoms with Crippen molar-refractivity contribution in [2.24, 2.45) is 0 Å². The molecular weight excluding hydrogens is 262 g/mol. The molecule has 5 nitrogen and oxygen atoms in total. The minimum atomic E-state index is -0.138. The van der Waals surface area contributed by atoms with Crippen LogP contribution < -0.4 is 0 Å². The highest BCUT2D eigenvalue weighted by Crippen LogP contribution is 2.19. The number of nitrogens with zero attached hydrogens (tertiary/aromatic N) is 3. The molecule has 102 valence electrons. The average Bonchev–Trinajstić information content (AvgIpc) is 2.89. The molecule has 0 spiro atoms. The maximum atomic E-state index is 5.17. The first-order chi connectivity index (χ1) is 9.20. The molecular formula is C13H17N3O2S. The number of methoxy groups -OCH3 is 1. The summed E-state index contributed by atoms with van der Waals surface area (Å²) in [6, 6.07) is 4.01. The van der Waals surface area contributed by atoms with E-state index < -0.39 is 0 Å². The number of thioether (sulfide) groups is 1. The molecule has 2 rings (SSSR count). The van der Waals surface area contributed by atoms with E-state index >= 15 is 0 Å². The van der Waals surface area contributed by atoms with Gasteiger partial charge in [-0.3, -0.25) is 4.98 Å². The van der Waals surface area contributed by atoms with Gasteiger partial charge in [0.1, 0.15) is 6.10 Å². The maximum absolute atomic E-state index is 5.17. The lowest BCUT2D eigenvalue weighted by Crippen LogP contribution is -1.98. The third-order valence-electron chi connectivity index (χ3n) is 2.78. The lowest BCUT2D eigenvalue weighted by Gasteiger charge is -2.02. The standard InChI is InChI=1S/C13H17N3O2S/c1-9-5-4-6-14-11(9)7-19-8-12-15-13(16-18-12)10(2)17-3/h4-6,10H,7-8H2,1-3H3/t10-/m0/s1. The highest BCUT2D eigenvalue weighted by molar-refractivity contribution is 7.97. The van der Waals surface area contributed by atoms with Gasteiger partial charge in [-0.25, -0.2) is 0 Å². The monoisotopic (exact) mass is 279 g/mol. The van der Waals surface area contributed by atoms with Crippen molar-refractivity contribution >= 4 is 11.8 Å². The molecule has 1 atom stereocenters.